The van der Waals surface area contributed by atoms with Crippen molar-refractivity contribution in [3.8, 4) is 5.69 Å². The number of hydrogen-bond acceptors (Lipinski definition) is 2. The molecular formula is C17H17ClF3N3O. The van der Waals surface area contributed by atoms with Gasteiger partial charge in [0.25, 0.3) is 5.91 Å². The molecule has 0 unspecified atom stereocenters. The smallest absolute Gasteiger partial charge is 0.326 e. The highest BCUT2D eigenvalue weighted by atomic mass is 35.5. The average molecular weight is 372 g/mol. The minimum Gasteiger partial charge on any atom is -0.326 e. The Morgan fingerprint density at radius 1 is 1.32 bits per heavy atom. The molecule has 1 aromatic carbocycles. The molecular weight excluding hydrogens is 355 g/mol. The number of carbonyl (C=O) groups excluding carboxylic acids is 1. The number of carbonyl (C=O) groups is 1. The van der Waals surface area contributed by atoms with Crippen LogP contribution in [0.25, 0.3) is 5.69 Å². The van der Waals surface area contributed by atoms with E-state index < -0.39 is 18.6 Å². The maximum atomic E-state index is 12.6. The summed E-state index contributed by atoms with van der Waals surface area (Å²) in [6.45, 7) is 5.46. The van der Waals surface area contributed by atoms with E-state index in [0.717, 1.165) is 5.69 Å². The lowest BCUT2D eigenvalue weighted by Gasteiger charge is -2.22. The number of aromatic nitrogens is 2. The van der Waals surface area contributed by atoms with Gasteiger partial charge in [0.05, 0.1) is 22.1 Å². The highest BCUT2D eigenvalue weighted by Crippen LogP contribution is 2.23. The Labute approximate surface area is 148 Å². The Kier molecular flexibility index (Phi) is 5.57. The zero-order valence-corrected chi connectivity index (χ0v) is 14.5. The predicted octanol–water partition coefficient (Wildman–Crippen LogP) is 4.33. The third-order valence-corrected chi connectivity index (χ3v) is 4.12. The molecule has 4 nitrogen and oxygen atoms in total. The minimum absolute atomic E-state index is 0.155. The van der Waals surface area contributed by atoms with Gasteiger partial charge in [-0.2, -0.15) is 18.3 Å². The summed E-state index contributed by atoms with van der Waals surface area (Å²) in [5, 5.41) is 4.84. The number of benzene rings is 1. The van der Waals surface area contributed by atoms with Gasteiger partial charge < -0.3 is 4.90 Å². The second-order valence-corrected chi connectivity index (χ2v) is 5.91. The largest absolute Gasteiger partial charge is 0.406 e. The van der Waals surface area contributed by atoms with Gasteiger partial charge in [0.2, 0.25) is 0 Å². The van der Waals surface area contributed by atoms with Gasteiger partial charge in [-0.15, -0.1) is 6.58 Å². The number of rotatable bonds is 5. The van der Waals surface area contributed by atoms with E-state index in [9.17, 15) is 18.0 Å². The summed E-state index contributed by atoms with van der Waals surface area (Å²) >= 11 is 6.11. The fourth-order valence-corrected chi connectivity index (χ4v) is 2.51. The molecule has 0 radical (unpaired) electrons. The maximum absolute atomic E-state index is 12.6. The summed E-state index contributed by atoms with van der Waals surface area (Å²) in [6, 6.07) is 6.16. The minimum atomic E-state index is -4.47. The first-order valence-corrected chi connectivity index (χ1v) is 7.81. The molecule has 1 aromatic heterocycles. The highest BCUT2D eigenvalue weighted by molar-refractivity contribution is 6.31. The molecule has 1 heterocycles. The van der Waals surface area contributed by atoms with E-state index >= 15 is 0 Å². The molecule has 25 heavy (non-hydrogen) atoms. The van der Waals surface area contributed by atoms with E-state index in [4.69, 9.17) is 11.6 Å². The lowest BCUT2D eigenvalue weighted by Crippen LogP contribution is -2.39. The lowest BCUT2D eigenvalue weighted by molar-refractivity contribution is -0.139. The topological polar surface area (TPSA) is 38.1 Å². The number of hydrogen-bond donors (Lipinski definition) is 0. The molecule has 0 aliphatic heterocycles. The van der Waals surface area contributed by atoms with Gasteiger partial charge in [-0.3, -0.25) is 4.79 Å². The van der Waals surface area contributed by atoms with Gasteiger partial charge in [-0.05, 0) is 38.1 Å². The Morgan fingerprint density at radius 3 is 2.36 bits per heavy atom. The summed E-state index contributed by atoms with van der Waals surface area (Å²) in [5.74, 6) is -0.713. The van der Waals surface area contributed by atoms with Gasteiger partial charge in [0, 0.05) is 12.1 Å². The van der Waals surface area contributed by atoms with Crippen LogP contribution in [-0.2, 0) is 0 Å². The first-order valence-electron chi connectivity index (χ1n) is 7.43. The molecule has 0 saturated heterocycles. The molecule has 0 aliphatic rings. The maximum Gasteiger partial charge on any atom is 0.406 e. The van der Waals surface area contributed by atoms with Crippen molar-refractivity contribution in [1.82, 2.24) is 14.7 Å². The van der Waals surface area contributed by atoms with E-state index in [1.165, 1.54) is 18.2 Å². The van der Waals surface area contributed by atoms with Crippen LogP contribution in [0.1, 0.15) is 21.7 Å². The highest BCUT2D eigenvalue weighted by Gasteiger charge is 2.32. The van der Waals surface area contributed by atoms with E-state index in [1.54, 1.807) is 30.7 Å². The van der Waals surface area contributed by atoms with E-state index in [1.807, 2.05) is 0 Å². The van der Waals surface area contributed by atoms with Crippen LogP contribution in [-0.4, -0.2) is 39.9 Å². The molecule has 8 heteroatoms. The van der Waals surface area contributed by atoms with Crippen LogP contribution in [0, 0.1) is 13.8 Å². The number of alkyl halides is 3. The van der Waals surface area contributed by atoms with Crippen LogP contribution in [0.2, 0.25) is 5.02 Å². The van der Waals surface area contributed by atoms with Crippen LogP contribution in [0.15, 0.2) is 36.9 Å². The van der Waals surface area contributed by atoms with Crippen LogP contribution in [0.3, 0.4) is 0 Å². The Balaban J connectivity index is 2.27. The van der Waals surface area contributed by atoms with Crippen molar-refractivity contribution in [2.45, 2.75) is 20.0 Å². The molecule has 0 bridgehead atoms. The molecule has 0 spiro atoms. The molecule has 0 aliphatic carbocycles. The average Bonchev–Trinajstić information content (AvgIpc) is 2.80. The number of amides is 1. The fraction of sp³-hybridized carbons (Fsp3) is 0.294. The third-order valence-electron chi connectivity index (χ3n) is 3.57. The lowest BCUT2D eigenvalue weighted by atomic mass is 10.1. The molecule has 2 aromatic rings. The molecule has 0 atom stereocenters. The van der Waals surface area contributed by atoms with Crippen molar-refractivity contribution in [1.29, 1.82) is 0 Å². The monoisotopic (exact) mass is 371 g/mol. The SMILES string of the molecule is C=CCN(CC(F)(F)F)C(=O)c1ccc(-n2nc(C)c(Cl)c2C)cc1. The van der Waals surface area contributed by atoms with E-state index in [-0.39, 0.29) is 12.1 Å². The van der Waals surface area contributed by atoms with Gasteiger partial charge in [0.1, 0.15) is 6.54 Å². The van der Waals surface area contributed by atoms with Crippen molar-refractivity contribution in [3.05, 3.63) is 58.9 Å². The first kappa shape index (κ1) is 19.1. The van der Waals surface area contributed by atoms with E-state index in [0.29, 0.717) is 21.3 Å². The van der Waals surface area contributed by atoms with Gasteiger partial charge >= 0.3 is 6.18 Å². The second-order valence-electron chi connectivity index (χ2n) is 5.53. The van der Waals surface area contributed by atoms with Gasteiger partial charge in [-0.25, -0.2) is 4.68 Å². The second kappa shape index (κ2) is 7.31. The Morgan fingerprint density at radius 2 is 1.92 bits per heavy atom. The zero-order chi connectivity index (χ0) is 18.8. The van der Waals surface area contributed by atoms with Crippen LogP contribution in [0.5, 0.6) is 0 Å². The number of aryl methyl sites for hydroxylation is 1. The fourth-order valence-electron chi connectivity index (χ4n) is 2.39. The first-order chi connectivity index (χ1) is 11.6. The molecule has 134 valence electrons. The van der Waals surface area contributed by atoms with Crippen molar-refractivity contribution >= 4 is 17.5 Å². The van der Waals surface area contributed by atoms with Gasteiger partial charge in [-0.1, -0.05) is 17.7 Å². The van der Waals surface area contributed by atoms with Crippen LogP contribution >= 0.6 is 11.6 Å². The summed E-state index contributed by atoms with van der Waals surface area (Å²) in [7, 11) is 0. The van der Waals surface area contributed by atoms with Crippen molar-refractivity contribution in [3.63, 3.8) is 0 Å². The van der Waals surface area contributed by atoms with E-state index in [2.05, 4.69) is 11.7 Å². The van der Waals surface area contributed by atoms with Gasteiger partial charge in [0.15, 0.2) is 0 Å². The quantitative estimate of drug-likeness (QED) is 0.733. The van der Waals surface area contributed by atoms with Crippen molar-refractivity contribution in [2.24, 2.45) is 0 Å². The normalized spacial score (nSPS) is 11.4. The van der Waals surface area contributed by atoms with Crippen molar-refractivity contribution < 1.29 is 18.0 Å². The Bertz CT molecular complexity index is 782. The molecule has 0 fully saturated rings. The molecule has 1 amide bonds. The summed E-state index contributed by atoms with van der Waals surface area (Å²) < 4.78 is 39.5. The molecule has 0 saturated carbocycles. The number of halogens is 4. The van der Waals surface area contributed by atoms with Crippen molar-refractivity contribution in [2.75, 3.05) is 13.1 Å². The summed E-state index contributed by atoms with van der Waals surface area (Å²) in [6.07, 6.45) is -3.21. The van der Waals surface area contributed by atoms with Crippen LogP contribution in [0.4, 0.5) is 13.2 Å². The zero-order valence-electron chi connectivity index (χ0n) is 13.8. The molecule has 0 N–H and O–H groups in total. The molecule has 2 rings (SSSR count). The Hall–Kier alpha value is -2.28. The standard InChI is InChI=1S/C17H17ClF3N3O/c1-4-9-23(10-17(19,20)21)16(25)13-5-7-14(8-6-13)24-12(3)15(18)11(2)22-24/h4-8H,1,9-10H2,2-3H3. The predicted molar refractivity (Wildman–Crippen MR) is 90.2 cm³/mol. The third kappa shape index (κ3) is 4.42. The van der Waals surface area contributed by atoms with Crippen LogP contribution < -0.4 is 0 Å². The number of nitrogens with zero attached hydrogens (tertiary/aromatic N) is 3. The summed E-state index contributed by atoms with van der Waals surface area (Å²) in [4.78, 5) is 13.0. The summed E-state index contributed by atoms with van der Waals surface area (Å²) in [5.41, 5.74) is 2.22.